The van der Waals surface area contributed by atoms with Gasteiger partial charge in [0, 0.05) is 6.07 Å². The molecule has 0 fully saturated rings. The minimum Gasteiger partial charge on any atom is -0.497 e. The second kappa shape index (κ2) is 8.62. The molecule has 0 aliphatic heterocycles. The van der Waals surface area contributed by atoms with Crippen LogP contribution in [0.3, 0.4) is 0 Å². The zero-order valence-corrected chi connectivity index (χ0v) is 16.1. The van der Waals surface area contributed by atoms with Gasteiger partial charge in [-0.05, 0) is 36.4 Å². The molecule has 1 amide bonds. The highest BCUT2D eigenvalue weighted by Gasteiger charge is 2.27. The molecule has 3 aromatic rings. The maximum atomic E-state index is 13.2. The lowest BCUT2D eigenvalue weighted by Gasteiger charge is -2.24. The first-order chi connectivity index (χ1) is 13.5. The summed E-state index contributed by atoms with van der Waals surface area (Å²) < 4.78 is 37.8. The summed E-state index contributed by atoms with van der Waals surface area (Å²) in [4.78, 5) is 12.6. The van der Waals surface area contributed by atoms with Crippen LogP contribution in [0.25, 0.3) is 0 Å². The van der Waals surface area contributed by atoms with Gasteiger partial charge in [-0.3, -0.25) is 9.10 Å². The summed E-state index contributed by atoms with van der Waals surface area (Å²) in [6, 6.07) is 18.0. The van der Waals surface area contributed by atoms with E-state index in [9.17, 15) is 13.2 Å². The third-order valence-electron chi connectivity index (χ3n) is 4.00. The van der Waals surface area contributed by atoms with E-state index in [0.29, 0.717) is 17.2 Å². The fourth-order valence-corrected chi connectivity index (χ4v) is 4.02. The molecular weight excluding hydrogens is 380 g/mol. The molecule has 0 aliphatic rings. The molecule has 0 unspecified atom stereocenters. The molecule has 0 aliphatic carbocycles. The number of nitrogens with one attached hydrogen (secondary N) is 1. The van der Waals surface area contributed by atoms with Gasteiger partial charge in [0.05, 0.1) is 30.5 Å². The molecule has 28 heavy (non-hydrogen) atoms. The summed E-state index contributed by atoms with van der Waals surface area (Å²) in [5, 5.41) is 2.67. The maximum absolute atomic E-state index is 13.2. The van der Waals surface area contributed by atoms with Gasteiger partial charge in [-0.25, -0.2) is 8.42 Å². The van der Waals surface area contributed by atoms with Crippen LogP contribution in [-0.4, -0.2) is 28.0 Å². The SMILES string of the molecule is COc1cccc(N(CC(=O)NCc2ccco2)S(=O)(=O)c2ccccc2)c1. The first kappa shape index (κ1) is 19.5. The van der Waals surface area contributed by atoms with Gasteiger partial charge >= 0.3 is 0 Å². The van der Waals surface area contributed by atoms with Gasteiger partial charge in [-0.1, -0.05) is 24.3 Å². The van der Waals surface area contributed by atoms with Crippen LogP contribution >= 0.6 is 0 Å². The van der Waals surface area contributed by atoms with E-state index in [-0.39, 0.29) is 18.0 Å². The predicted octanol–water partition coefficient (Wildman–Crippen LogP) is 2.80. The van der Waals surface area contributed by atoms with Gasteiger partial charge in [0.1, 0.15) is 18.1 Å². The first-order valence-corrected chi connectivity index (χ1v) is 9.95. The number of nitrogens with zero attached hydrogens (tertiary/aromatic N) is 1. The van der Waals surface area contributed by atoms with Crippen LogP contribution in [0.15, 0.2) is 82.3 Å². The van der Waals surface area contributed by atoms with E-state index in [1.807, 2.05) is 0 Å². The lowest BCUT2D eigenvalue weighted by molar-refractivity contribution is -0.119. The Morgan fingerprint density at radius 1 is 1.07 bits per heavy atom. The Kier molecular flexibility index (Phi) is 6.00. The first-order valence-electron chi connectivity index (χ1n) is 8.51. The van der Waals surface area contributed by atoms with Crippen LogP contribution in [-0.2, 0) is 21.4 Å². The van der Waals surface area contributed by atoms with E-state index >= 15 is 0 Å². The molecule has 0 saturated carbocycles. The van der Waals surface area contributed by atoms with Crippen molar-refractivity contribution < 1.29 is 22.4 Å². The molecule has 3 rings (SSSR count). The fraction of sp³-hybridized carbons (Fsp3) is 0.150. The summed E-state index contributed by atoms with van der Waals surface area (Å²) in [7, 11) is -2.46. The number of hydrogen-bond acceptors (Lipinski definition) is 5. The molecule has 2 aromatic carbocycles. The van der Waals surface area contributed by atoms with Crippen molar-refractivity contribution >= 4 is 21.6 Å². The highest BCUT2D eigenvalue weighted by molar-refractivity contribution is 7.92. The van der Waals surface area contributed by atoms with Gasteiger partial charge in [-0.15, -0.1) is 0 Å². The molecule has 0 spiro atoms. The molecule has 0 bridgehead atoms. The van der Waals surface area contributed by atoms with Crippen molar-refractivity contribution in [1.29, 1.82) is 0 Å². The number of carbonyl (C=O) groups is 1. The maximum Gasteiger partial charge on any atom is 0.264 e. The van der Waals surface area contributed by atoms with Crippen LogP contribution in [0.5, 0.6) is 5.75 Å². The number of amides is 1. The average molecular weight is 400 g/mol. The van der Waals surface area contributed by atoms with E-state index in [1.165, 1.54) is 25.5 Å². The number of furan rings is 1. The number of sulfonamides is 1. The van der Waals surface area contributed by atoms with Gasteiger partial charge in [0.2, 0.25) is 5.91 Å². The Morgan fingerprint density at radius 3 is 2.54 bits per heavy atom. The second-order valence-corrected chi connectivity index (χ2v) is 7.74. The Balaban J connectivity index is 1.89. The monoisotopic (exact) mass is 400 g/mol. The summed E-state index contributed by atoms with van der Waals surface area (Å²) in [6.07, 6.45) is 1.50. The van der Waals surface area contributed by atoms with E-state index in [1.54, 1.807) is 54.6 Å². The molecule has 1 aromatic heterocycles. The van der Waals surface area contributed by atoms with E-state index in [0.717, 1.165) is 4.31 Å². The number of rotatable bonds is 8. The van der Waals surface area contributed by atoms with Crippen molar-refractivity contribution in [3.8, 4) is 5.75 Å². The molecule has 1 heterocycles. The molecule has 7 nitrogen and oxygen atoms in total. The number of methoxy groups -OCH3 is 1. The zero-order valence-electron chi connectivity index (χ0n) is 15.2. The van der Waals surface area contributed by atoms with Gasteiger partial charge < -0.3 is 14.5 Å². The zero-order chi connectivity index (χ0) is 20.0. The minimum atomic E-state index is -3.95. The van der Waals surface area contributed by atoms with E-state index in [4.69, 9.17) is 9.15 Å². The van der Waals surface area contributed by atoms with Crippen molar-refractivity contribution in [3.63, 3.8) is 0 Å². The molecule has 8 heteroatoms. The van der Waals surface area contributed by atoms with Crippen LogP contribution < -0.4 is 14.4 Å². The van der Waals surface area contributed by atoms with Crippen LogP contribution in [0.2, 0.25) is 0 Å². The molecule has 1 N–H and O–H groups in total. The average Bonchev–Trinajstić information content (AvgIpc) is 3.25. The molecule has 146 valence electrons. The van der Waals surface area contributed by atoms with Gasteiger partial charge in [0.25, 0.3) is 10.0 Å². The summed E-state index contributed by atoms with van der Waals surface area (Å²) in [5.74, 6) is 0.604. The normalized spacial score (nSPS) is 11.0. The molecule has 0 saturated heterocycles. The standard InChI is InChI=1S/C20H20N2O5S/c1-26-17-8-5-7-16(13-17)22(28(24,25)19-10-3-2-4-11-19)15-20(23)21-14-18-9-6-12-27-18/h2-13H,14-15H2,1H3,(H,21,23). The third-order valence-corrected chi connectivity index (χ3v) is 5.79. The minimum absolute atomic E-state index is 0.0941. The summed E-state index contributed by atoms with van der Waals surface area (Å²) >= 11 is 0. The number of ether oxygens (including phenoxy) is 1. The molecule has 0 radical (unpaired) electrons. The largest absolute Gasteiger partial charge is 0.497 e. The number of anilines is 1. The summed E-state index contributed by atoms with van der Waals surface area (Å²) in [6.45, 7) is -0.214. The van der Waals surface area contributed by atoms with Crippen LogP contribution in [0.1, 0.15) is 5.76 Å². The third kappa shape index (κ3) is 4.52. The van der Waals surface area contributed by atoms with E-state index in [2.05, 4.69) is 5.32 Å². The Morgan fingerprint density at radius 2 is 1.86 bits per heavy atom. The fourth-order valence-electron chi connectivity index (χ4n) is 2.59. The number of benzene rings is 2. The topological polar surface area (TPSA) is 88.8 Å². The second-order valence-electron chi connectivity index (χ2n) is 5.88. The molecule has 0 atom stereocenters. The van der Waals surface area contributed by atoms with Crippen LogP contribution in [0, 0.1) is 0 Å². The number of carbonyl (C=O) groups excluding carboxylic acids is 1. The van der Waals surface area contributed by atoms with Crippen LogP contribution in [0.4, 0.5) is 5.69 Å². The van der Waals surface area contributed by atoms with E-state index < -0.39 is 15.9 Å². The van der Waals surface area contributed by atoms with Crippen molar-refractivity contribution in [2.24, 2.45) is 0 Å². The smallest absolute Gasteiger partial charge is 0.264 e. The molecular formula is C20H20N2O5S. The lowest BCUT2D eigenvalue weighted by atomic mass is 10.3. The highest BCUT2D eigenvalue weighted by atomic mass is 32.2. The Hall–Kier alpha value is -3.26. The predicted molar refractivity (Wildman–Crippen MR) is 105 cm³/mol. The Labute approximate surface area is 163 Å². The number of hydrogen-bond donors (Lipinski definition) is 1. The van der Waals surface area contributed by atoms with Gasteiger partial charge in [-0.2, -0.15) is 0 Å². The lowest BCUT2D eigenvalue weighted by Crippen LogP contribution is -2.40. The van der Waals surface area contributed by atoms with Gasteiger partial charge in [0.15, 0.2) is 0 Å². The van der Waals surface area contributed by atoms with Crippen molar-refractivity contribution in [2.45, 2.75) is 11.4 Å². The Bertz CT molecular complexity index is 1020. The highest BCUT2D eigenvalue weighted by Crippen LogP contribution is 2.26. The van der Waals surface area contributed by atoms with Crippen molar-refractivity contribution in [1.82, 2.24) is 5.32 Å². The summed E-state index contributed by atoms with van der Waals surface area (Å²) in [5.41, 5.74) is 0.330. The quantitative estimate of drug-likeness (QED) is 0.628. The van der Waals surface area contributed by atoms with Crippen molar-refractivity contribution in [2.75, 3.05) is 18.0 Å². The van der Waals surface area contributed by atoms with Crippen molar-refractivity contribution in [3.05, 3.63) is 78.8 Å².